The third-order valence-corrected chi connectivity index (χ3v) is 4.74. The number of piperidine rings is 1. The molecule has 0 saturated carbocycles. The summed E-state index contributed by atoms with van der Waals surface area (Å²) in [6.45, 7) is 7.13. The average molecular weight is 329 g/mol. The highest BCUT2D eigenvalue weighted by molar-refractivity contribution is 5.44. The van der Waals surface area contributed by atoms with E-state index in [0.29, 0.717) is 23.3 Å². The van der Waals surface area contributed by atoms with Crippen LogP contribution in [0.5, 0.6) is 5.75 Å². The first-order valence-corrected chi connectivity index (χ1v) is 8.40. The molecule has 1 aromatic heterocycles. The second-order valence-corrected chi connectivity index (χ2v) is 6.51. The molecule has 1 unspecified atom stereocenters. The standard InChI is InChI=1S/C19H24FN3O/c1-12-7-8-15(10-17(12)24-4)16-6-5-9-23(11-16)19-18(20)13(2)21-14(3)22-19/h7-8,10,16H,5-6,9,11H2,1-4H3. The normalized spacial score (nSPS) is 17.9. The van der Waals surface area contributed by atoms with Gasteiger partial charge in [0.05, 0.1) is 12.8 Å². The van der Waals surface area contributed by atoms with E-state index in [1.54, 1.807) is 14.0 Å². The van der Waals surface area contributed by atoms with Gasteiger partial charge in [0.25, 0.3) is 0 Å². The van der Waals surface area contributed by atoms with Crippen molar-refractivity contribution >= 4 is 5.82 Å². The van der Waals surface area contributed by atoms with Crippen molar-refractivity contribution in [1.29, 1.82) is 0 Å². The van der Waals surface area contributed by atoms with Crippen molar-refractivity contribution in [3.8, 4) is 5.75 Å². The molecule has 5 heteroatoms. The number of methoxy groups -OCH3 is 1. The van der Waals surface area contributed by atoms with Crippen molar-refractivity contribution in [3.05, 3.63) is 46.7 Å². The summed E-state index contributed by atoms with van der Waals surface area (Å²) < 4.78 is 19.9. The van der Waals surface area contributed by atoms with Gasteiger partial charge in [-0.05, 0) is 50.8 Å². The van der Waals surface area contributed by atoms with Crippen LogP contribution in [0.2, 0.25) is 0 Å². The Hall–Kier alpha value is -2.17. The number of anilines is 1. The number of aromatic nitrogens is 2. The van der Waals surface area contributed by atoms with Crippen LogP contribution in [0.3, 0.4) is 0 Å². The molecule has 0 amide bonds. The molecule has 3 rings (SSSR count). The maximum Gasteiger partial charge on any atom is 0.186 e. The van der Waals surface area contributed by atoms with Crippen molar-refractivity contribution in [2.75, 3.05) is 25.1 Å². The Morgan fingerprint density at radius 2 is 2.00 bits per heavy atom. The minimum absolute atomic E-state index is 0.303. The molecule has 1 aliphatic heterocycles. The highest BCUT2D eigenvalue weighted by atomic mass is 19.1. The van der Waals surface area contributed by atoms with Gasteiger partial charge in [0.15, 0.2) is 11.6 Å². The molecular weight excluding hydrogens is 305 g/mol. The van der Waals surface area contributed by atoms with E-state index in [1.807, 2.05) is 13.8 Å². The van der Waals surface area contributed by atoms with Gasteiger partial charge < -0.3 is 9.64 Å². The second kappa shape index (κ2) is 6.75. The van der Waals surface area contributed by atoms with Crippen molar-refractivity contribution in [2.24, 2.45) is 0 Å². The summed E-state index contributed by atoms with van der Waals surface area (Å²) in [7, 11) is 1.70. The molecule has 4 nitrogen and oxygen atoms in total. The largest absolute Gasteiger partial charge is 0.496 e. The molecule has 0 bridgehead atoms. The Balaban J connectivity index is 1.87. The van der Waals surface area contributed by atoms with E-state index in [2.05, 4.69) is 33.1 Å². The predicted octanol–water partition coefficient (Wildman–Crippen LogP) is 3.93. The molecule has 1 saturated heterocycles. The third kappa shape index (κ3) is 3.21. The fourth-order valence-electron chi connectivity index (χ4n) is 3.42. The first-order chi connectivity index (χ1) is 11.5. The fraction of sp³-hybridized carbons (Fsp3) is 0.474. The fourth-order valence-corrected chi connectivity index (χ4v) is 3.42. The Labute approximate surface area is 142 Å². The summed E-state index contributed by atoms with van der Waals surface area (Å²) >= 11 is 0. The molecule has 0 radical (unpaired) electrons. The number of hydrogen-bond donors (Lipinski definition) is 0. The van der Waals surface area contributed by atoms with Crippen molar-refractivity contribution < 1.29 is 9.13 Å². The number of nitrogens with zero attached hydrogens (tertiary/aromatic N) is 3. The van der Waals surface area contributed by atoms with Crippen molar-refractivity contribution in [3.63, 3.8) is 0 Å². The summed E-state index contributed by atoms with van der Waals surface area (Å²) in [4.78, 5) is 10.5. The van der Waals surface area contributed by atoms with E-state index in [9.17, 15) is 4.39 Å². The molecule has 1 atom stereocenters. The third-order valence-electron chi connectivity index (χ3n) is 4.74. The maximum absolute atomic E-state index is 14.5. The van der Waals surface area contributed by atoms with Crippen LogP contribution in [-0.2, 0) is 0 Å². The highest BCUT2D eigenvalue weighted by Gasteiger charge is 2.25. The molecule has 0 spiro atoms. The lowest BCUT2D eigenvalue weighted by molar-refractivity contribution is 0.409. The zero-order chi connectivity index (χ0) is 17.3. The van der Waals surface area contributed by atoms with Gasteiger partial charge in [-0.1, -0.05) is 12.1 Å². The Kier molecular flexibility index (Phi) is 4.69. The zero-order valence-electron chi connectivity index (χ0n) is 14.8. The van der Waals surface area contributed by atoms with E-state index in [4.69, 9.17) is 4.74 Å². The molecule has 0 N–H and O–H groups in total. The van der Waals surface area contributed by atoms with Gasteiger partial charge in [0.2, 0.25) is 0 Å². The molecule has 1 aromatic carbocycles. The van der Waals surface area contributed by atoms with E-state index in [0.717, 1.165) is 37.2 Å². The summed E-state index contributed by atoms with van der Waals surface area (Å²) in [5.41, 5.74) is 2.78. The minimum atomic E-state index is -0.303. The van der Waals surface area contributed by atoms with Crippen LogP contribution < -0.4 is 9.64 Å². The molecule has 1 fully saturated rings. The molecule has 2 aromatic rings. The number of hydrogen-bond acceptors (Lipinski definition) is 4. The Morgan fingerprint density at radius 3 is 2.75 bits per heavy atom. The van der Waals surface area contributed by atoms with E-state index >= 15 is 0 Å². The molecule has 128 valence electrons. The molecular formula is C19H24FN3O. The molecule has 24 heavy (non-hydrogen) atoms. The Bertz CT molecular complexity index is 748. The van der Waals surface area contributed by atoms with Gasteiger partial charge >= 0.3 is 0 Å². The minimum Gasteiger partial charge on any atom is -0.496 e. The first-order valence-electron chi connectivity index (χ1n) is 8.40. The lowest BCUT2D eigenvalue weighted by Gasteiger charge is -2.34. The summed E-state index contributed by atoms with van der Waals surface area (Å²) in [6.07, 6.45) is 2.11. The van der Waals surface area contributed by atoms with E-state index in [1.165, 1.54) is 5.56 Å². The molecule has 2 heterocycles. The van der Waals surface area contributed by atoms with Gasteiger partial charge in [-0.3, -0.25) is 0 Å². The number of ether oxygens (including phenoxy) is 1. The average Bonchev–Trinajstić information content (AvgIpc) is 2.58. The van der Waals surface area contributed by atoms with E-state index < -0.39 is 0 Å². The van der Waals surface area contributed by atoms with Crippen LogP contribution in [0.1, 0.15) is 41.4 Å². The molecule has 0 aliphatic carbocycles. The zero-order valence-corrected chi connectivity index (χ0v) is 14.8. The maximum atomic E-state index is 14.5. The van der Waals surface area contributed by atoms with Crippen LogP contribution in [0, 0.1) is 26.6 Å². The van der Waals surface area contributed by atoms with Gasteiger partial charge in [-0.2, -0.15) is 0 Å². The van der Waals surface area contributed by atoms with Crippen molar-refractivity contribution in [1.82, 2.24) is 9.97 Å². The SMILES string of the molecule is COc1cc(C2CCCN(c3nc(C)nc(C)c3F)C2)ccc1C. The smallest absolute Gasteiger partial charge is 0.186 e. The van der Waals surface area contributed by atoms with Gasteiger partial charge in [0, 0.05) is 19.0 Å². The summed E-state index contributed by atoms with van der Waals surface area (Å²) in [5.74, 6) is 2.00. The van der Waals surface area contributed by atoms with Crippen molar-refractivity contribution in [2.45, 2.75) is 39.5 Å². The highest BCUT2D eigenvalue weighted by Crippen LogP contribution is 2.33. The van der Waals surface area contributed by atoms with Gasteiger partial charge in [-0.25, -0.2) is 14.4 Å². The van der Waals surface area contributed by atoms with Crippen LogP contribution in [-0.4, -0.2) is 30.2 Å². The number of benzene rings is 1. The van der Waals surface area contributed by atoms with Crippen LogP contribution in [0.15, 0.2) is 18.2 Å². The topological polar surface area (TPSA) is 38.2 Å². The monoisotopic (exact) mass is 329 g/mol. The van der Waals surface area contributed by atoms with Gasteiger partial charge in [-0.15, -0.1) is 0 Å². The number of aryl methyl sites for hydroxylation is 3. The first kappa shape index (κ1) is 16.7. The van der Waals surface area contributed by atoms with Crippen LogP contribution in [0.25, 0.3) is 0 Å². The summed E-state index contributed by atoms with van der Waals surface area (Å²) in [6, 6.07) is 6.35. The summed E-state index contributed by atoms with van der Waals surface area (Å²) in [5, 5.41) is 0. The quantitative estimate of drug-likeness (QED) is 0.855. The van der Waals surface area contributed by atoms with Crippen LogP contribution in [0.4, 0.5) is 10.2 Å². The van der Waals surface area contributed by atoms with Gasteiger partial charge in [0.1, 0.15) is 11.6 Å². The lowest BCUT2D eigenvalue weighted by Crippen LogP contribution is -2.36. The second-order valence-electron chi connectivity index (χ2n) is 6.51. The molecule has 1 aliphatic rings. The van der Waals surface area contributed by atoms with E-state index in [-0.39, 0.29) is 5.82 Å². The lowest BCUT2D eigenvalue weighted by atomic mass is 9.90. The number of halogens is 1. The predicted molar refractivity (Wildman–Crippen MR) is 93.4 cm³/mol. The van der Waals surface area contributed by atoms with Crippen LogP contribution >= 0.6 is 0 Å². The Morgan fingerprint density at radius 1 is 1.21 bits per heavy atom. The number of rotatable bonds is 3.